The topological polar surface area (TPSA) is 85.6 Å². The standard InChI is InChI=1S/C16H17NO5S/c18-16(15-4-2-10-22-15)17-12-5-7-14(8-6-12)23(19,20)11-13-3-1-9-21-13/h2,4-8,10,13H,1,3,9,11H2,(H,17,18)/t13-/m1/s1. The van der Waals surface area contributed by atoms with E-state index >= 15 is 0 Å². The Hall–Kier alpha value is -2.12. The van der Waals surface area contributed by atoms with Crippen molar-refractivity contribution >= 4 is 21.4 Å². The molecule has 1 amide bonds. The minimum atomic E-state index is -3.39. The van der Waals surface area contributed by atoms with Crippen molar-refractivity contribution in [1.29, 1.82) is 0 Å². The van der Waals surface area contributed by atoms with E-state index in [2.05, 4.69) is 5.32 Å². The van der Waals surface area contributed by atoms with Gasteiger partial charge in [-0.05, 0) is 49.2 Å². The molecule has 1 aliphatic rings. The van der Waals surface area contributed by atoms with Crippen molar-refractivity contribution in [3.05, 3.63) is 48.4 Å². The number of anilines is 1. The lowest BCUT2D eigenvalue weighted by atomic mass is 10.3. The van der Waals surface area contributed by atoms with E-state index in [0.717, 1.165) is 12.8 Å². The van der Waals surface area contributed by atoms with Crippen molar-refractivity contribution < 1.29 is 22.4 Å². The van der Waals surface area contributed by atoms with Gasteiger partial charge in [0, 0.05) is 12.3 Å². The number of hydrogen-bond donors (Lipinski definition) is 1. The predicted octanol–water partition coefficient (Wildman–Crippen LogP) is 2.48. The van der Waals surface area contributed by atoms with Crippen molar-refractivity contribution in [2.24, 2.45) is 0 Å². The van der Waals surface area contributed by atoms with Gasteiger partial charge in [0.15, 0.2) is 15.6 Å². The van der Waals surface area contributed by atoms with Crippen LogP contribution in [0.3, 0.4) is 0 Å². The quantitative estimate of drug-likeness (QED) is 0.907. The third-order valence-electron chi connectivity index (χ3n) is 3.65. The second kappa shape index (κ2) is 6.55. The van der Waals surface area contributed by atoms with E-state index in [4.69, 9.17) is 9.15 Å². The smallest absolute Gasteiger partial charge is 0.291 e. The molecule has 2 aromatic rings. The van der Waals surface area contributed by atoms with Gasteiger partial charge >= 0.3 is 0 Å². The van der Waals surface area contributed by atoms with Gasteiger partial charge in [-0.15, -0.1) is 0 Å². The molecule has 1 atom stereocenters. The van der Waals surface area contributed by atoms with Crippen LogP contribution in [0.5, 0.6) is 0 Å². The van der Waals surface area contributed by atoms with Crippen LogP contribution < -0.4 is 5.32 Å². The highest BCUT2D eigenvalue weighted by Crippen LogP contribution is 2.21. The molecule has 0 unspecified atom stereocenters. The van der Waals surface area contributed by atoms with Gasteiger partial charge < -0.3 is 14.5 Å². The summed E-state index contributed by atoms with van der Waals surface area (Å²) in [7, 11) is -3.39. The molecule has 1 saturated heterocycles. The summed E-state index contributed by atoms with van der Waals surface area (Å²) in [4.78, 5) is 12.1. The van der Waals surface area contributed by atoms with Gasteiger partial charge in [0.2, 0.25) is 0 Å². The molecular formula is C16H17NO5S. The average molecular weight is 335 g/mol. The van der Waals surface area contributed by atoms with E-state index in [1.165, 1.54) is 18.4 Å². The number of hydrogen-bond acceptors (Lipinski definition) is 5. The summed E-state index contributed by atoms with van der Waals surface area (Å²) in [6, 6.07) is 9.27. The Labute approximate surface area is 134 Å². The molecule has 122 valence electrons. The van der Waals surface area contributed by atoms with Crippen molar-refractivity contribution in [2.45, 2.75) is 23.8 Å². The van der Waals surface area contributed by atoms with Crippen molar-refractivity contribution in [1.82, 2.24) is 0 Å². The van der Waals surface area contributed by atoms with Crippen LogP contribution in [0.4, 0.5) is 5.69 Å². The average Bonchev–Trinajstić information content (AvgIpc) is 3.20. The first-order valence-corrected chi connectivity index (χ1v) is 8.99. The molecule has 1 aromatic heterocycles. The Bertz CT molecular complexity index is 759. The van der Waals surface area contributed by atoms with Crippen molar-refractivity contribution in [3.63, 3.8) is 0 Å². The molecule has 0 spiro atoms. The number of carbonyl (C=O) groups excluding carboxylic acids is 1. The highest BCUT2D eigenvalue weighted by Gasteiger charge is 2.24. The zero-order valence-electron chi connectivity index (χ0n) is 12.4. The fraction of sp³-hybridized carbons (Fsp3) is 0.312. The van der Waals surface area contributed by atoms with Crippen LogP contribution >= 0.6 is 0 Å². The molecule has 23 heavy (non-hydrogen) atoms. The molecule has 0 saturated carbocycles. The zero-order valence-corrected chi connectivity index (χ0v) is 13.2. The molecule has 6 nitrogen and oxygen atoms in total. The number of nitrogens with one attached hydrogen (secondary N) is 1. The largest absolute Gasteiger partial charge is 0.459 e. The van der Waals surface area contributed by atoms with Gasteiger partial charge in [-0.25, -0.2) is 8.42 Å². The fourth-order valence-electron chi connectivity index (χ4n) is 2.46. The number of ether oxygens (including phenoxy) is 1. The van der Waals surface area contributed by atoms with Crippen molar-refractivity contribution in [3.8, 4) is 0 Å². The minimum Gasteiger partial charge on any atom is -0.459 e. The van der Waals surface area contributed by atoms with Crippen molar-refractivity contribution in [2.75, 3.05) is 17.7 Å². The highest BCUT2D eigenvalue weighted by atomic mass is 32.2. The second-order valence-electron chi connectivity index (χ2n) is 5.37. The van der Waals surface area contributed by atoms with E-state index in [1.807, 2.05) is 0 Å². The van der Waals surface area contributed by atoms with Crippen LogP contribution in [0.1, 0.15) is 23.4 Å². The van der Waals surface area contributed by atoms with Gasteiger partial charge in [-0.2, -0.15) is 0 Å². The first kappa shape index (κ1) is 15.8. The Morgan fingerprint density at radius 2 is 2.00 bits per heavy atom. The summed E-state index contributed by atoms with van der Waals surface area (Å²) in [5, 5.41) is 2.64. The van der Waals surface area contributed by atoms with Crippen LogP contribution in [0.2, 0.25) is 0 Å². The summed E-state index contributed by atoms with van der Waals surface area (Å²) in [6.45, 7) is 0.623. The molecule has 2 heterocycles. The molecule has 1 aliphatic heterocycles. The highest BCUT2D eigenvalue weighted by molar-refractivity contribution is 7.91. The lowest BCUT2D eigenvalue weighted by Gasteiger charge is -2.11. The Morgan fingerprint density at radius 3 is 2.61 bits per heavy atom. The Kier molecular flexibility index (Phi) is 4.49. The van der Waals surface area contributed by atoms with Crippen LogP contribution in [0.25, 0.3) is 0 Å². The lowest BCUT2D eigenvalue weighted by Crippen LogP contribution is -2.20. The summed E-state index contributed by atoms with van der Waals surface area (Å²) in [5.74, 6) is -0.199. The van der Waals surface area contributed by atoms with Crippen LogP contribution in [0.15, 0.2) is 52.0 Å². The SMILES string of the molecule is O=C(Nc1ccc(S(=O)(=O)C[C@H]2CCCO2)cc1)c1ccco1. The normalized spacial score (nSPS) is 18.0. The second-order valence-corrected chi connectivity index (χ2v) is 7.41. The lowest BCUT2D eigenvalue weighted by molar-refractivity contribution is 0.0996. The first-order valence-electron chi connectivity index (χ1n) is 7.34. The summed E-state index contributed by atoms with van der Waals surface area (Å²) < 4.78 is 35.0. The maximum atomic E-state index is 12.3. The Morgan fingerprint density at radius 1 is 1.22 bits per heavy atom. The molecule has 3 rings (SSSR count). The van der Waals surface area contributed by atoms with E-state index in [9.17, 15) is 13.2 Å². The number of benzene rings is 1. The molecular weight excluding hydrogens is 318 g/mol. The molecule has 1 fully saturated rings. The van der Waals surface area contributed by atoms with Crippen LogP contribution in [0, 0.1) is 0 Å². The number of sulfone groups is 1. The number of carbonyl (C=O) groups is 1. The van der Waals surface area contributed by atoms with E-state index in [-0.39, 0.29) is 28.4 Å². The van der Waals surface area contributed by atoms with Gasteiger partial charge in [0.25, 0.3) is 5.91 Å². The van der Waals surface area contributed by atoms with Gasteiger partial charge in [0.05, 0.1) is 23.0 Å². The summed E-state index contributed by atoms with van der Waals surface area (Å²) >= 11 is 0. The fourth-order valence-corrected chi connectivity index (χ4v) is 3.96. The summed E-state index contributed by atoms with van der Waals surface area (Å²) in [5.41, 5.74) is 0.502. The molecule has 7 heteroatoms. The third-order valence-corrected chi connectivity index (χ3v) is 5.45. The zero-order chi connectivity index (χ0) is 16.3. The van der Waals surface area contributed by atoms with Crippen LogP contribution in [-0.2, 0) is 14.6 Å². The molecule has 1 N–H and O–H groups in total. The molecule has 0 radical (unpaired) electrons. The maximum absolute atomic E-state index is 12.3. The minimum absolute atomic E-state index is 0.00883. The molecule has 0 bridgehead atoms. The Balaban J connectivity index is 1.67. The number of rotatable bonds is 5. The predicted molar refractivity (Wildman–Crippen MR) is 84.1 cm³/mol. The number of amides is 1. The summed E-state index contributed by atoms with van der Waals surface area (Å²) in [6.07, 6.45) is 2.86. The van der Waals surface area contributed by atoms with Crippen LogP contribution in [-0.4, -0.2) is 32.8 Å². The van der Waals surface area contributed by atoms with E-state index in [1.54, 1.807) is 24.3 Å². The van der Waals surface area contributed by atoms with Gasteiger partial charge in [-0.3, -0.25) is 4.79 Å². The molecule has 0 aliphatic carbocycles. The maximum Gasteiger partial charge on any atom is 0.291 e. The third kappa shape index (κ3) is 3.80. The molecule has 1 aromatic carbocycles. The van der Waals surface area contributed by atoms with E-state index in [0.29, 0.717) is 12.3 Å². The van der Waals surface area contributed by atoms with E-state index < -0.39 is 9.84 Å². The monoisotopic (exact) mass is 335 g/mol. The first-order chi connectivity index (χ1) is 11.0. The number of furan rings is 1. The van der Waals surface area contributed by atoms with Gasteiger partial charge in [0.1, 0.15) is 0 Å². The van der Waals surface area contributed by atoms with Gasteiger partial charge in [-0.1, -0.05) is 0 Å².